The van der Waals surface area contributed by atoms with Gasteiger partial charge in [-0.2, -0.15) is 0 Å². The van der Waals surface area contributed by atoms with Crippen molar-refractivity contribution in [2.75, 3.05) is 32.7 Å². The van der Waals surface area contributed by atoms with Gasteiger partial charge in [0.15, 0.2) is 0 Å². The zero-order valence-corrected chi connectivity index (χ0v) is 12.1. The topological polar surface area (TPSA) is 15.3 Å². The van der Waals surface area contributed by atoms with Gasteiger partial charge in [0.2, 0.25) is 0 Å². The predicted molar refractivity (Wildman–Crippen MR) is 74.0 cm³/mol. The molecular formula is C14H32N2. The highest BCUT2D eigenvalue weighted by atomic mass is 15.1. The van der Waals surface area contributed by atoms with Crippen molar-refractivity contribution in [1.82, 2.24) is 10.2 Å². The number of nitrogens with zero attached hydrogens (tertiary/aromatic N) is 1. The summed E-state index contributed by atoms with van der Waals surface area (Å²) in [5.74, 6) is 0. The molecule has 0 radical (unpaired) electrons. The lowest BCUT2D eigenvalue weighted by molar-refractivity contribution is 0.155. The van der Waals surface area contributed by atoms with Crippen molar-refractivity contribution in [3.63, 3.8) is 0 Å². The molecule has 1 N–H and O–H groups in total. The maximum Gasteiger partial charge on any atom is 0.00474 e. The van der Waals surface area contributed by atoms with Gasteiger partial charge in [0.05, 0.1) is 0 Å². The second-order valence-corrected chi connectivity index (χ2v) is 5.21. The molecule has 0 heterocycles. The molecule has 2 heteroatoms. The normalized spacial score (nSPS) is 15.4. The van der Waals surface area contributed by atoms with E-state index < -0.39 is 0 Å². The highest BCUT2D eigenvalue weighted by Crippen LogP contribution is 2.24. The van der Waals surface area contributed by atoms with E-state index in [1.807, 2.05) is 0 Å². The average Bonchev–Trinajstić information content (AvgIpc) is 2.26. The molecule has 0 aromatic rings. The summed E-state index contributed by atoms with van der Waals surface area (Å²) in [7, 11) is 0. The molecule has 0 aliphatic rings. The minimum atomic E-state index is 0.440. The molecule has 1 atom stereocenters. The Labute approximate surface area is 103 Å². The molecule has 98 valence electrons. The summed E-state index contributed by atoms with van der Waals surface area (Å²) in [5, 5.41) is 3.52. The van der Waals surface area contributed by atoms with E-state index in [9.17, 15) is 0 Å². The SMILES string of the molecule is CCCN(CC)CC(C)(CCC)CNCC. The van der Waals surface area contributed by atoms with E-state index in [4.69, 9.17) is 0 Å². The number of rotatable bonds is 10. The van der Waals surface area contributed by atoms with Gasteiger partial charge >= 0.3 is 0 Å². The monoisotopic (exact) mass is 228 g/mol. The van der Waals surface area contributed by atoms with Gasteiger partial charge in [-0.1, -0.05) is 41.0 Å². The molecule has 0 aliphatic carbocycles. The molecule has 1 unspecified atom stereocenters. The third kappa shape index (κ3) is 6.49. The van der Waals surface area contributed by atoms with Crippen molar-refractivity contribution in [2.24, 2.45) is 5.41 Å². The Morgan fingerprint density at radius 1 is 1.06 bits per heavy atom. The molecule has 16 heavy (non-hydrogen) atoms. The van der Waals surface area contributed by atoms with Gasteiger partial charge in [0.1, 0.15) is 0 Å². The van der Waals surface area contributed by atoms with Crippen molar-refractivity contribution in [3.8, 4) is 0 Å². The van der Waals surface area contributed by atoms with Gasteiger partial charge in [-0.25, -0.2) is 0 Å². The predicted octanol–water partition coefficient (Wildman–Crippen LogP) is 3.13. The maximum atomic E-state index is 3.52. The van der Waals surface area contributed by atoms with Crippen LogP contribution in [0.4, 0.5) is 0 Å². The van der Waals surface area contributed by atoms with Gasteiger partial charge in [-0.15, -0.1) is 0 Å². The summed E-state index contributed by atoms with van der Waals surface area (Å²) in [6.45, 7) is 17.3. The minimum absolute atomic E-state index is 0.440. The molecule has 0 bridgehead atoms. The lowest BCUT2D eigenvalue weighted by atomic mass is 9.84. The van der Waals surface area contributed by atoms with E-state index in [0.29, 0.717) is 5.41 Å². The molecule has 0 fully saturated rings. The third-order valence-electron chi connectivity index (χ3n) is 3.25. The molecule has 0 saturated heterocycles. The highest BCUT2D eigenvalue weighted by Gasteiger charge is 2.24. The Morgan fingerprint density at radius 2 is 1.75 bits per heavy atom. The fraction of sp³-hybridized carbons (Fsp3) is 1.00. The van der Waals surface area contributed by atoms with Gasteiger partial charge < -0.3 is 10.2 Å². The van der Waals surface area contributed by atoms with Crippen LogP contribution in [-0.2, 0) is 0 Å². The van der Waals surface area contributed by atoms with Crippen LogP contribution in [0.3, 0.4) is 0 Å². The lowest BCUT2D eigenvalue weighted by Crippen LogP contribution is -2.42. The molecule has 0 saturated carbocycles. The number of hydrogen-bond acceptors (Lipinski definition) is 2. The van der Waals surface area contributed by atoms with Crippen molar-refractivity contribution >= 4 is 0 Å². The van der Waals surface area contributed by atoms with Crippen LogP contribution in [0, 0.1) is 5.41 Å². The molecule has 0 aromatic heterocycles. The van der Waals surface area contributed by atoms with Crippen molar-refractivity contribution < 1.29 is 0 Å². The number of nitrogens with one attached hydrogen (secondary N) is 1. The summed E-state index contributed by atoms with van der Waals surface area (Å²) in [5.41, 5.74) is 0.440. The summed E-state index contributed by atoms with van der Waals surface area (Å²) >= 11 is 0. The molecule has 0 aromatic carbocycles. The standard InChI is InChI=1S/C14H32N2/c1-6-10-14(5,12-15-8-3)13-16(9-4)11-7-2/h15H,6-13H2,1-5H3. The van der Waals surface area contributed by atoms with Crippen LogP contribution in [0.25, 0.3) is 0 Å². The number of hydrogen-bond donors (Lipinski definition) is 1. The van der Waals surface area contributed by atoms with E-state index in [0.717, 1.165) is 13.1 Å². The fourth-order valence-corrected chi connectivity index (χ4v) is 2.46. The van der Waals surface area contributed by atoms with E-state index in [1.54, 1.807) is 0 Å². The van der Waals surface area contributed by atoms with Gasteiger partial charge in [0, 0.05) is 13.1 Å². The van der Waals surface area contributed by atoms with Crippen LogP contribution in [0.5, 0.6) is 0 Å². The Morgan fingerprint density at radius 3 is 2.19 bits per heavy atom. The first kappa shape index (κ1) is 15.9. The fourth-order valence-electron chi connectivity index (χ4n) is 2.46. The second-order valence-electron chi connectivity index (χ2n) is 5.21. The van der Waals surface area contributed by atoms with Crippen molar-refractivity contribution in [3.05, 3.63) is 0 Å². The first-order chi connectivity index (χ1) is 7.61. The van der Waals surface area contributed by atoms with E-state index >= 15 is 0 Å². The van der Waals surface area contributed by atoms with Gasteiger partial charge in [0.25, 0.3) is 0 Å². The second kappa shape index (κ2) is 9.00. The average molecular weight is 228 g/mol. The van der Waals surface area contributed by atoms with Crippen molar-refractivity contribution in [1.29, 1.82) is 0 Å². The summed E-state index contributed by atoms with van der Waals surface area (Å²) < 4.78 is 0. The van der Waals surface area contributed by atoms with Crippen LogP contribution in [0.15, 0.2) is 0 Å². The first-order valence-electron chi connectivity index (χ1n) is 7.04. The van der Waals surface area contributed by atoms with Crippen LogP contribution < -0.4 is 5.32 Å². The van der Waals surface area contributed by atoms with E-state index in [2.05, 4.69) is 44.8 Å². The Balaban J connectivity index is 4.26. The summed E-state index contributed by atoms with van der Waals surface area (Å²) in [4.78, 5) is 2.59. The third-order valence-corrected chi connectivity index (χ3v) is 3.25. The highest BCUT2D eigenvalue weighted by molar-refractivity contribution is 4.80. The zero-order chi connectivity index (χ0) is 12.4. The quantitative estimate of drug-likeness (QED) is 0.618. The smallest absolute Gasteiger partial charge is 0.00474 e. The van der Waals surface area contributed by atoms with Crippen LogP contribution >= 0.6 is 0 Å². The van der Waals surface area contributed by atoms with E-state index in [-0.39, 0.29) is 0 Å². The molecule has 0 aliphatic heterocycles. The largest absolute Gasteiger partial charge is 0.316 e. The lowest BCUT2D eigenvalue weighted by Gasteiger charge is -2.35. The van der Waals surface area contributed by atoms with E-state index in [1.165, 1.54) is 38.9 Å². The van der Waals surface area contributed by atoms with Crippen LogP contribution in [0.2, 0.25) is 0 Å². The van der Waals surface area contributed by atoms with Gasteiger partial charge in [-0.05, 0) is 37.9 Å². The molecule has 0 spiro atoms. The Hall–Kier alpha value is -0.0800. The Bertz CT molecular complexity index is 159. The van der Waals surface area contributed by atoms with Gasteiger partial charge in [-0.3, -0.25) is 0 Å². The molecule has 2 nitrogen and oxygen atoms in total. The van der Waals surface area contributed by atoms with Crippen LogP contribution in [-0.4, -0.2) is 37.6 Å². The summed E-state index contributed by atoms with van der Waals surface area (Å²) in [6.07, 6.45) is 3.86. The minimum Gasteiger partial charge on any atom is -0.316 e. The molecule has 0 amide bonds. The molecule has 0 rings (SSSR count). The summed E-state index contributed by atoms with van der Waals surface area (Å²) in [6, 6.07) is 0. The Kier molecular flexibility index (Phi) is 8.96. The maximum absolute atomic E-state index is 3.52. The van der Waals surface area contributed by atoms with Crippen molar-refractivity contribution in [2.45, 2.75) is 53.9 Å². The van der Waals surface area contributed by atoms with Crippen LogP contribution in [0.1, 0.15) is 53.9 Å². The first-order valence-corrected chi connectivity index (χ1v) is 7.04. The zero-order valence-electron chi connectivity index (χ0n) is 12.1. The molecular weight excluding hydrogens is 196 g/mol.